The van der Waals surface area contributed by atoms with E-state index in [9.17, 15) is 22.4 Å². The van der Waals surface area contributed by atoms with E-state index in [1.807, 2.05) is 26.0 Å². The lowest BCUT2D eigenvalue weighted by Gasteiger charge is -2.40. The molecule has 1 fully saturated rings. The van der Waals surface area contributed by atoms with Crippen LogP contribution in [0.5, 0.6) is 0 Å². The molecule has 33 heavy (non-hydrogen) atoms. The number of hydroxylamine groups is 1. The fraction of sp³-hybridized carbons (Fsp3) is 0.348. The second-order valence-corrected chi connectivity index (χ2v) is 9.28. The number of halogens is 6. The Balaban J connectivity index is 1.59. The summed E-state index contributed by atoms with van der Waals surface area (Å²) in [6, 6.07) is 8.70. The van der Waals surface area contributed by atoms with Gasteiger partial charge in [-0.25, -0.2) is 4.39 Å². The molecule has 0 saturated carbocycles. The Hall–Kier alpha value is -2.29. The Labute approximate surface area is 198 Å². The summed E-state index contributed by atoms with van der Waals surface area (Å²) in [5.41, 5.74) is 0.557. The van der Waals surface area contributed by atoms with Gasteiger partial charge in [-0.3, -0.25) is 15.1 Å². The maximum absolute atomic E-state index is 14.1. The van der Waals surface area contributed by atoms with Crippen LogP contribution < -0.4 is 5.48 Å². The molecule has 0 bridgehead atoms. The normalized spacial score (nSPS) is 21.1. The van der Waals surface area contributed by atoms with Gasteiger partial charge in [-0.2, -0.15) is 13.2 Å². The molecule has 1 saturated heterocycles. The zero-order chi connectivity index (χ0) is 24.1. The van der Waals surface area contributed by atoms with E-state index in [1.54, 1.807) is 17.0 Å². The molecule has 1 unspecified atom stereocenters. The topological polar surface area (TPSA) is 41.6 Å². The minimum atomic E-state index is -4.88. The van der Waals surface area contributed by atoms with Crippen LogP contribution in [-0.2, 0) is 15.2 Å². The Morgan fingerprint density at radius 3 is 2.24 bits per heavy atom. The zero-order valence-electron chi connectivity index (χ0n) is 17.6. The third-order valence-electron chi connectivity index (χ3n) is 5.88. The van der Waals surface area contributed by atoms with E-state index in [2.05, 4.69) is 5.48 Å². The summed E-state index contributed by atoms with van der Waals surface area (Å²) in [5, 5.41) is -1.08. The van der Waals surface area contributed by atoms with Crippen LogP contribution in [0.1, 0.15) is 36.5 Å². The minimum Gasteiger partial charge on any atom is -0.341 e. The number of rotatable bonds is 4. The molecule has 176 valence electrons. The lowest BCUT2D eigenvalue weighted by molar-refractivity contribution is -0.269. The number of likely N-dealkylation sites (tertiary alicyclic amines) is 1. The third kappa shape index (κ3) is 4.20. The second kappa shape index (κ2) is 8.49. The monoisotopic (exact) mass is 502 g/mol. The summed E-state index contributed by atoms with van der Waals surface area (Å²) >= 11 is 11.5. The van der Waals surface area contributed by atoms with Crippen LogP contribution in [0.3, 0.4) is 0 Å². The van der Waals surface area contributed by atoms with Crippen LogP contribution in [0.4, 0.5) is 17.6 Å². The van der Waals surface area contributed by atoms with E-state index in [0.717, 1.165) is 23.8 Å². The number of alkyl halides is 3. The molecular formula is C23H20Cl2F4N2O2. The van der Waals surface area contributed by atoms with Crippen molar-refractivity contribution in [3.05, 3.63) is 75.0 Å². The van der Waals surface area contributed by atoms with E-state index in [0.29, 0.717) is 18.7 Å². The van der Waals surface area contributed by atoms with Crippen molar-refractivity contribution in [3.8, 4) is 0 Å². The average molecular weight is 503 g/mol. The summed E-state index contributed by atoms with van der Waals surface area (Å²) in [4.78, 5) is 18.8. The molecule has 2 heterocycles. The molecule has 2 aromatic carbocycles. The van der Waals surface area contributed by atoms with Crippen molar-refractivity contribution in [2.75, 3.05) is 13.1 Å². The first kappa shape index (κ1) is 23.9. The van der Waals surface area contributed by atoms with Gasteiger partial charge < -0.3 is 4.90 Å². The van der Waals surface area contributed by atoms with Gasteiger partial charge in [0, 0.05) is 30.5 Å². The number of hydrogen-bond acceptors (Lipinski definition) is 3. The van der Waals surface area contributed by atoms with E-state index in [4.69, 9.17) is 28.0 Å². The lowest BCUT2D eigenvalue weighted by Crippen LogP contribution is -2.49. The Morgan fingerprint density at radius 1 is 1.15 bits per heavy atom. The molecule has 4 rings (SSSR count). The predicted molar refractivity (Wildman–Crippen MR) is 117 cm³/mol. The summed E-state index contributed by atoms with van der Waals surface area (Å²) < 4.78 is 56.1. The SMILES string of the molecule is CC(C)C(=O)N1CC(c2ccc(C3=CC(c4cc(Cl)c(F)c(Cl)c4)(C(F)(F)F)ON3)cc2)C1. The molecule has 0 spiro atoms. The molecule has 4 nitrogen and oxygen atoms in total. The predicted octanol–water partition coefficient (Wildman–Crippen LogP) is 6.05. The maximum atomic E-state index is 14.1. The molecule has 2 aromatic rings. The largest absolute Gasteiger partial charge is 0.428 e. The Bertz CT molecular complexity index is 1090. The van der Waals surface area contributed by atoms with Crippen molar-refractivity contribution in [1.82, 2.24) is 10.4 Å². The van der Waals surface area contributed by atoms with Gasteiger partial charge in [-0.05, 0) is 29.3 Å². The van der Waals surface area contributed by atoms with Crippen molar-refractivity contribution < 1.29 is 27.2 Å². The van der Waals surface area contributed by atoms with Crippen LogP contribution in [0, 0.1) is 11.7 Å². The van der Waals surface area contributed by atoms with Gasteiger partial charge in [0.2, 0.25) is 11.5 Å². The summed E-state index contributed by atoms with van der Waals surface area (Å²) in [7, 11) is 0. The number of nitrogens with one attached hydrogen (secondary N) is 1. The fourth-order valence-corrected chi connectivity index (χ4v) is 4.41. The fourth-order valence-electron chi connectivity index (χ4n) is 3.92. The number of nitrogens with zero attached hydrogens (tertiary/aromatic N) is 1. The van der Waals surface area contributed by atoms with Gasteiger partial charge in [-0.15, -0.1) is 0 Å². The lowest BCUT2D eigenvalue weighted by atomic mass is 9.89. The van der Waals surface area contributed by atoms with Crippen LogP contribution in [0.2, 0.25) is 10.0 Å². The van der Waals surface area contributed by atoms with Crippen LogP contribution in [0.25, 0.3) is 5.70 Å². The van der Waals surface area contributed by atoms with Crippen molar-refractivity contribution >= 4 is 34.8 Å². The minimum absolute atomic E-state index is 0.0616. The molecule has 1 amide bonds. The highest BCUT2D eigenvalue weighted by atomic mass is 35.5. The molecule has 2 aliphatic rings. The number of amides is 1. The van der Waals surface area contributed by atoms with Crippen molar-refractivity contribution in [2.24, 2.45) is 5.92 Å². The van der Waals surface area contributed by atoms with Gasteiger partial charge in [0.1, 0.15) is 0 Å². The first-order chi connectivity index (χ1) is 15.4. The first-order valence-electron chi connectivity index (χ1n) is 10.2. The van der Waals surface area contributed by atoms with E-state index in [1.165, 1.54) is 0 Å². The van der Waals surface area contributed by atoms with Crippen molar-refractivity contribution in [3.63, 3.8) is 0 Å². The Kier molecular flexibility index (Phi) is 6.14. The molecule has 10 heteroatoms. The maximum Gasteiger partial charge on any atom is 0.428 e. The Morgan fingerprint density at radius 2 is 1.73 bits per heavy atom. The molecule has 1 N–H and O–H groups in total. The first-order valence-corrected chi connectivity index (χ1v) is 11.0. The zero-order valence-corrected chi connectivity index (χ0v) is 19.2. The van der Waals surface area contributed by atoms with E-state index in [-0.39, 0.29) is 23.4 Å². The highest BCUT2D eigenvalue weighted by Gasteiger charge is 2.59. The molecular weight excluding hydrogens is 483 g/mol. The van der Waals surface area contributed by atoms with E-state index < -0.39 is 33.2 Å². The smallest absolute Gasteiger partial charge is 0.341 e. The van der Waals surface area contributed by atoms with Crippen molar-refractivity contribution in [1.29, 1.82) is 0 Å². The summed E-state index contributed by atoms with van der Waals surface area (Å²) in [6.07, 6.45) is -4.00. The summed E-state index contributed by atoms with van der Waals surface area (Å²) in [6.45, 7) is 4.93. The number of benzene rings is 2. The van der Waals surface area contributed by atoms with Crippen LogP contribution in [-0.4, -0.2) is 30.1 Å². The highest BCUT2D eigenvalue weighted by molar-refractivity contribution is 6.35. The molecule has 0 aromatic heterocycles. The van der Waals surface area contributed by atoms with Gasteiger partial charge in [0.15, 0.2) is 5.82 Å². The van der Waals surface area contributed by atoms with Gasteiger partial charge in [-0.1, -0.05) is 61.3 Å². The third-order valence-corrected chi connectivity index (χ3v) is 6.43. The second-order valence-electron chi connectivity index (χ2n) is 8.47. The molecule has 0 aliphatic carbocycles. The van der Waals surface area contributed by atoms with Gasteiger partial charge in [0.25, 0.3) is 0 Å². The quantitative estimate of drug-likeness (QED) is 0.408. The van der Waals surface area contributed by atoms with Gasteiger partial charge >= 0.3 is 6.18 Å². The highest BCUT2D eigenvalue weighted by Crippen LogP contribution is 2.48. The van der Waals surface area contributed by atoms with Gasteiger partial charge in [0.05, 0.1) is 15.7 Å². The number of carbonyl (C=O) groups is 1. The standard InChI is InChI=1S/C23H20Cl2F4N2O2/c1-12(2)21(32)31-10-15(11-31)13-3-5-14(6-4-13)19-9-22(33-30-19,23(27,28)29)16-7-17(24)20(26)18(25)8-16/h3-9,12,15,30H,10-11H2,1-2H3. The number of carbonyl (C=O) groups excluding carboxylic acids is 1. The molecule has 1 atom stereocenters. The van der Waals surface area contributed by atoms with Crippen LogP contribution in [0.15, 0.2) is 42.5 Å². The van der Waals surface area contributed by atoms with Crippen molar-refractivity contribution in [2.45, 2.75) is 31.5 Å². The van der Waals surface area contributed by atoms with Crippen LogP contribution >= 0.6 is 23.2 Å². The molecule has 0 radical (unpaired) electrons. The number of hydrogen-bond donors (Lipinski definition) is 1. The van der Waals surface area contributed by atoms with E-state index >= 15 is 0 Å². The average Bonchev–Trinajstić information content (AvgIpc) is 3.18. The molecule has 2 aliphatic heterocycles. The summed E-state index contributed by atoms with van der Waals surface area (Å²) in [5.74, 6) is -0.783.